The van der Waals surface area contributed by atoms with Crippen molar-refractivity contribution in [1.29, 1.82) is 5.26 Å². The summed E-state index contributed by atoms with van der Waals surface area (Å²) in [6, 6.07) is 9.72. The van der Waals surface area contributed by atoms with Gasteiger partial charge in [0.2, 0.25) is 5.88 Å². The van der Waals surface area contributed by atoms with E-state index < -0.39 is 5.82 Å². The van der Waals surface area contributed by atoms with Gasteiger partial charge in [0.05, 0.1) is 12.7 Å². The smallest absolute Gasteiger partial charge is 0.221 e. The Morgan fingerprint density at radius 1 is 1.35 bits per heavy atom. The first kappa shape index (κ1) is 11.1. The third-order valence-corrected chi connectivity index (χ3v) is 2.37. The van der Waals surface area contributed by atoms with Crippen molar-refractivity contribution in [2.45, 2.75) is 0 Å². The van der Waals surface area contributed by atoms with Crippen LogP contribution in [-0.4, -0.2) is 12.1 Å². The number of benzene rings is 1. The monoisotopic (exact) mass is 228 g/mol. The highest BCUT2D eigenvalue weighted by Crippen LogP contribution is 2.28. The Hall–Kier alpha value is -2.41. The number of methoxy groups -OCH3 is 1. The zero-order chi connectivity index (χ0) is 12.3. The molecule has 0 N–H and O–H groups in total. The van der Waals surface area contributed by atoms with E-state index in [9.17, 15) is 4.39 Å². The topological polar surface area (TPSA) is 45.9 Å². The molecule has 0 radical (unpaired) electrons. The molecule has 17 heavy (non-hydrogen) atoms. The summed E-state index contributed by atoms with van der Waals surface area (Å²) < 4.78 is 18.6. The van der Waals surface area contributed by atoms with Crippen molar-refractivity contribution in [3.8, 4) is 23.1 Å². The summed E-state index contributed by atoms with van der Waals surface area (Å²) in [6.45, 7) is 0. The Morgan fingerprint density at radius 2 is 2.18 bits per heavy atom. The number of rotatable bonds is 2. The van der Waals surface area contributed by atoms with Crippen molar-refractivity contribution in [3.05, 3.63) is 47.9 Å². The van der Waals surface area contributed by atoms with Gasteiger partial charge in [-0.05, 0) is 29.8 Å². The predicted molar refractivity (Wildman–Crippen MR) is 60.9 cm³/mol. The molecule has 0 fully saturated rings. The average molecular weight is 228 g/mol. The number of hydrogen-bond acceptors (Lipinski definition) is 3. The van der Waals surface area contributed by atoms with Crippen LogP contribution in [0.2, 0.25) is 0 Å². The van der Waals surface area contributed by atoms with E-state index >= 15 is 0 Å². The van der Waals surface area contributed by atoms with Crippen molar-refractivity contribution in [2.75, 3.05) is 7.11 Å². The van der Waals surface area contributed by atoms with E-state index in [2.05, 4.69) is 4.98 Å². The molecular formula is C13H9FN2O. The van der Waals surface area contributed by atoms with E-state index in [1.54, 1.807) is 30.5 Å². The van der Waals surface area contributed by atoms with Crippen LogP contribution in [0.5, 0.6) is 5.88 Å². The summed E-state index contributed by atoms with van der Waals surface area (Å²) in [4.78, 5) is 4.04. The molecule has 2 aromatic rings. The van der Waals surface area contributed by atoms with Gasteiger partial charge in [0.15, 0.2) is 0 Å². The molecule has 0 amide bonds. The molecule has 0 unspecified atom stereocenters. The van der Waals surface area contributed by atoms with Crippen LogP contribution in [0.15, 0.2) is 36.5 Å². The van der Waals surface area contributed by atoms with E-state index in [0.717, 1.165) is 0 Å². The molecule has 84 valence electrons. The molecule has 1 aromatic carbocycles. The molecular weight excluding hydrogens is 219 g/mol. The summed E-state index contributed by atoms with van der Waals surface area (Å²) >= 11 is 0. The Balaban J connectivity index is 2.54. The Morgan fingerprint density at radius 3 is 2.82 bits per heavy atom. The standard InChI is InChI=1S/C13H9FN2O/c1-17-13-11(3-2-6-16-13)9-4-5-10(8-15)12(14)7-9/h2-7H,1H3. The largest absolute Gasteiger partial charge is 0.481 e. The van der Waals surface area contributed by atoms with Crippen molar-refractivity contribution in [3.63, 3.8) is 0 Å². The molecule has 0 saturated carbocycles. The van der Waals surface area contributed by atoms with Gasteiger partial charge in [-0.25, -0.2) is 9.37 Å². The van der Waals surface area contributed by atoms with Crippen LogP contribution in [0.1, 0.15) is 5.56 Å². The third-order valence-electron chi connectivity index (χ3n) is 2.37. The third kappa shape index (κ3) is 2.08. The molecule has 0 aliphatic rings. The minimum absolute atomic E-state index is 0.0246. The first-order chi connectivity index (χ1) is 8.26. The van der Waals surface area contributed by atoms with Crippen LogP contribution < -0.4 is 4.74 Å². The lowest BCUT2D eigenvalue weighted by molar-refractivity contribution is 0.399. The molecule has 3 nitrogen and oxygen atoms in total. The van der Waals surface area contributed by atoms with Crippen LogP contribution in [0.25, 0.3) is 11.1 Å². The van der Waals surface area contributed by atoms with Gasteiger partial charge in [-0.2, -0.15) is 5.26 Å². The molecule has 2 rings (SSSR count). The number of pyridine rings is 1. The van der Waals surface area contributed by atoms with Crippen LogP contribution >= 0.6 is 0 Å². The molecule has 0 bridgehead atoms. The summed E-state index contributed by atoms with van der Waals surface area (Å²) in [5.74, 6) is -0.118. The van der Waals surface area contributed by atoms with Gasteiger partial charge < -0.3 is 4.74 Å². The highest BCUT2D eigenvalue weighted by Gasteiger charge is 2.09. The van der Waals surface area contributed by atoms with Gasteiger partial charge in [-0.1, -0.05) is 6.07 Å². The molecule has 1 aromatic heterocycles. The lowest BCUT2D eigenvalue weighted by atomic mass is 10.0. The van der Waals surface area contributed by atoms with E-state index in [1.807, 2.05) is 0 Å². The lowest BCUT2D eigenvalue weighted by Gasteiger charge is -2.07. The first-order valence-corrected chi connectivity index (χ1v) is 4.95. The van der Waals surface area contributed by atoms with Crippen LogP contribution in [0.3, 0.4) is 0 Å². The number of aromatic nitrogens is 1. The van der Waals surface area contributed by atoms with Gasteiger partial charge >= 0.3 is 0 Å². The molecule has 4 heteroatoms. The zero-order valence-electron chi connectivity index (χ0n) is 9.14. The summed E-state index contributed by atoms with van der Waals surface area (Å²) in [5.41, 5.74) is 1.35. The SMILES string of the molecule is COc1ncccc1-c1ccc(C#N)c(F)c1. The minimum Gasteiger partial charge on any atom is -0.481 e. The van der Waals surface area contributed by atoms with Crippen molar-refractivity contribution < 1.29 is 9.13 Å². The van der Waals surface area contributed by atoms with Gasteiger partial charge in [-0.3, -0.25) is 0 Å². The quantitative estimate of drug-likeness (QED) is 0.793. The van der Waals surface area contributed by atoms with E-state index in [1.165, 1.54) is 19.2 Å². The fraction of sp³-hybridized carbons (Fsp3) is 0.0769. The molecule has 0 saturated heterocycles. The predicted octanol–water partition coefficient (Wildman–Crippen LogP) is 2.77. The van der Waals surface area contributed by atoms with Crippen molar-refractivity contribution >= 4 is 0 Å². The fourth-order valence-electron chi connectivity index (χ4n) is 1.55. The molecule has 0 spiro atoms. The number of halogens is 1. The average Bonchev–Trinajstić information content (AvgIpc) is 2.38. The van der Waals surface area contributed by atoms with Crippen molar-refractivity contribution in [2.24, 2.45) is 0 Å². The van der Waals surface area contributed by atoms with E-state index in [0.29, 0.717) is 17.0 Å². The van der Waals surface area contributed by atoms with Gasteiger partial charge in [0, 0.05) is 11.8 Å². The minimum atomic E-state index is -0.545. The van der Waals surface area contributed by atoms with Crippen LogP contribution in [0.4, 0.5) is 4.39 Å². The Bertz CT molecular complexity index is 590. The second-order valence-electron chi connectivity index (χ2n) is 3.37. The number of hydrogen-bond donors (Lipinski definition) is 0. The van der Waals surface area contributed by atoms with Crippen LogP contribution in [-0.2, 0) is 0 Å². The number of nitrogens with zero attached hydrogens (tertiary/aromatic N) is 2. The number of nitriles is 1. The van der Waals surface area contributed by atoms with Crippen molar-refractivity contribution in [1.82, 2.24) is 4.98 Å². The lowest BCUT2D eigenvalue weighted by Crippen LogP contribution is -1.92. The highest BCUT2D eigenvalue weighted by molar-refractivity contribution is 5.69. The van der Waals surface area contributed by atoms with E-state index in [4.69, 9.17) is 10.00 Å². The summed E-state index contributed by atoms with van der Waals surface area (Å²) in [5, 5.41) is 8.65. The highest BCUT2D eigenvalue weighted by atomic mass is 19.1. The first-order valence-electron chi connectivity index (χ1n) is 4.95. The van der Waals surface area contributed by atoms with Gasteiger partial charge in [0.25, 0.3) is 0 Å². The maximum atomic E-state index is 13.5. The number of ether oxygens (including phenoxy) is 1. The maximum absolute atomic E-state index is 13.5. The second kappa shape index (κ2) is 4.62. The normalized spacial score (nSPS) is 9.71. The molecule has 1 heterocycles. The molecule has 0 atom stereocenters. The summed E-state index contributed by atoms with van der Waals surface area (Å²) in [7, 11) is 1.51. The molecule has 0 aliphatic carbocycles. The zero-order valence-corrected chi connectivity index (χ0v) is 9.14. The van der Waals surface area contributed by atoms with Gasteiger partial charge in [0.1, 0.15) is 11.9 Å². The van der Waals surface area contributed by atoms with Crippen LogP contribution in [0, 0.1) is 17.1 Å². The molecule has 0 aliphatic heterocycles. The Kier molecular flexibility index (Phi) is 3.01. The fourth-order valence-corrected chi connectivity index (χ4v) is 1.55. The Labute approximate surface area is 98.1 Å². The summed E-state index contributed by atoms with van der Waals surface area (Å²) in [6.07, 6.45) is 1.60. The van der Waals surface area contributed by atoms with Gasteiger partial charge in [-0.15, -0.1) is 0 Å². The maximum Gasteiger partial charge on any atom is 0.221 e. The van der Waals surface area contributed by atoms with E-state index in [-0.39, 0.29) is 5.56 Å². The second-order valence-corrected chi connectivity index (χ2v) is 3.37.